The highest BCUT2D eigenvalue weighted by Crippen LogP contribution is 2.21. The molecule has 0 bridgehead atoms. The highest BCUT2D eigenvalue weighted by atomic mass is 79.9. The van der Waals surface area contributed by atoms with Gasteiger partial charge in [0.25, 0.3) is 0 Å². The van der Waals surface area contributed by atoms with E-state index >= 15 is 0 Å². The molecule has 0 saturated heterocycles. The Balaban J connectivity index is 2.48. The summed E-state index contributed by atoms with van der Waals surface area (Å²) in [6.07, 6.45) is 6.06. The van der Waals surface area contributed by atoms with Crippen LogP contribution < -0.4 is 0 Å². The van der Waals surface area contributed by atoms with E-state index < -0.39 is 0 Å². The van der Waals surface area contributed by atoms with Crippen LogP contribution in [0.1, 0.15) is 30.3 Å². The fraction of sp³-hybridized carbons (Fsp3) is 0.357. The summed E-state index contributed by atoms with van der Waals surface area (Å²) in [5.74, 6) is 1.14. The van der Waals surface area contributed by atoms with E-state index in [1.54, 1.807) is 0 Å². The Labute approximate surface area is 111 Å². The highest BCUT2D eigenvalue weighted by Gasteiger charge is 2.08. The van der Waals surface area contributed by atoms with Crippen molar-refractivity contribution in [2.24, 2.45) is 0 Å². The van der Waals surface area contributed by atoms with Crippen LogP contribution >= 0.6 is 15.9 Å². The molecule has 2 nitrogen and oxygen atoms in total. The summed E-state index contributed by atoms with van der Waals surface area (Å²) in [6, 6.07) is 6.55. The standard InChI is InChI=1S/C14H17BrN2/c1-3-4-14-16-7-8-17(14)13-6-5-11(2)9-12(13)10-15/h5-9H,3-4,10H2,1-2H3. The van der Waals surface area contributed by atoms with Crippen molar-refractivity contribution in [2.45, 2.75) is 32.0 Å². The van der Waals surface area contributed by atoms with Crippen molar-refractivity contribution in [1.82, 2.24) is 9.55 Å². The van der Waals surface area contributed by atoms with Crippen molar-refractivity contribution in [2.75, 3.05) is 0 Å². The van der Waals surface area contributed by atoms with Gasteiger partial charge in [-0.3, -0.25) is 0 Å². The first-order valence-electron chi connectivity index (χ1n) is 5.94. The van der Waals surface area contributed by atoms with Crippen LogP contribution in [0.15, 0.2) is 30.6 Å². The van der Waals surface area contributed by atoms with Crippen molar-refractivity contribution in [3.63, 3.8) is 0 Å². The fourth-order valence-electron chi connectivity index (χ4n) is 2.02. The van der Waals surface area contributed by atoms with Crippen LogP contribution in [-0.2, 0) is 11.8 Å². The largest absolute Gasteiger partial charge is 0.303 e. The summed E-state index contributed by atoms with van der Waals surface area (Å²) in [7, 11) is 0. The number of alkyl halides is 1. The number of imidazole rings is 1. The predicted octanol–water partition coefficient (Wildman–Crippen LogP) is 4.03. The summed E-state index contributed by atoms with van der Waals surface area (Å²) in [6.45, 7) is 4.30. The number of hydrogen-bond acceptors (Lipinski definition) is 1. The monoisotopic (exact) mass is 292 g/mol. The molecule has 0 aliphatic rings. The molecule has 0 aliphatic heterocycles. The molecule has 0 spiro atoms. The summed E-state index contributed by atoms with van der Waals surface area (Å²) in [5, 5.41) is 0.869. The van der Waals surface area contributed by atoms with Gasteiger partial charge in [0.15, 0.2) is 0 Å². The van der Waals surface area contributed by atoms with Crippen LogP contribution in [0.4, 0.5) is 0 Å². The Morgan fingerprint density at radius 2 is 2.18 bits per heavy atom. The van der Waals surface area contributed by atoms with Gasteiger partial charge in [0.05, 0.1) is 5.69 Å². The molecule has 2 rings (SSSR count). The number of benzene rings is 1. The second-order valence-electron chi connectivity index (χ2n) is 4.23. The van der Waals surface area contributed by atoms with Crippen LogP contribution in [0.3, 0.4) is 0 Å². The predicted molar refractivity (Wildman–Crippen MR) is 74.9 cm³/mol. The zero-order valence-electron chi connectivity index (χ0n) is 10.3. The topological polar surface area (TPSA) is 17.8 Å². The summed E-state index contributed by atoms with van der Waals surface area (Å²) in [4.78, 5) is 4.43. The summed E-state index contributed by atoms with van der Waals surface area (Å²) >= 11 is 3.56. The maximum Gasteiger partial charge on any atom is 0.113 e. The Morgan fingerprint density at radius 3 is 2.88 bits per heavy atom. The molecule has 17 heavy (non-hydrogen) atoms. The minimum Gasteiger partial charge on any atom is -0.303 e. The maximum atomic E-state index is 4.43. The lowest BCUT2D eigenvalue weighted by Crippen LogP contribution is -2.03. The van der Waals surface area contributed by atoms with Gasteiger partial charge in [0.1, 0.15) is 5.82 Å². The molecule has 0 saturated carbocycles. The lowest BCUT2D eigenvalue weighted by Gasteiger charge is -2.12. The molecule has 0 atom stereocenters. The number of aromatic nitrogens is 2. The van der Waals surface area contributed by atoms with E-state index in [1.807, 2.05) is 12.4 Å². The second kappa shape index (κ2) is 5.50. The third-order valence-electron chi connectivity index (χ3n) is 2.83. The molecule has 90 valence electrons. The first kappa shape index (κ1) is 12.4. The minimum atomic E-state index is 0.869. The third kappa shape index (κ3) is 2.60. The zero-order chi connectivity index (χ0) is 12.3. The van der Waals surface area contributed by atoms with Gasteiger partial charge in [0.2, 0.25) is 0 Å². The van der Waals surface area contributed by atoms with Gasteiger partial charge < -0.3 is 4.57 Å². The molecule has 0 fully saturated rings. The molecule has 1 aromatic heterocycles. The average molecular weight is 293 g/mol. The zero-order valence-corrected chi connectivity index (χ0v) is 11.9. The number of hydrogen-bond donors (Lipinski definition) is 0. The number of aryl methyl sites for hydroxylation is 2. The molecular weight excluding hydrogens is 276 g/mol. The van der Waals surface area contributed by atoms with Crippen molar-refractivity contribution in [3.05, 3.63) is 47.5 Å². The Morgan fingerprint density at radius 1 is 1.35 bits per heavy atom. The SMILES string of the molecule is CCCc1nccn1-c1ccc(C)cc1CBr. The van der Waals surface area contributed by atoms with Gasteiger partial charge >= 0.3 is 0 Å². The van der Waals surface area contributed by atoms with Crippen molar-refractivity contribution < 1.29 is 0 Å². The molecular formula is C14H17BrN2. The molecule has 2 aromatic rings. The Hall–Kier alpha value is -1.09. The van der Waals surface area contributed by atoms with Crippen molar-refractivity contribution in [1.29, 1.82) is 0 Å². The van der Waals surface area contributed by atoms with Gasteiger partial charge in [-0.1, -0.05) is 40.5 Å². The van der Waals surface area contributed by atoms with E-state index in [1.165, 1.54) is 16.8 Å². The van der Waals surface area contributed by atoms with E-state index in [0.717, 1.165) is 24.0 Å². The maximum absolute atomic E-state index is 4.43. The third-order valence-corrected chi connectivity index (χ3v) is 3.43. The molecule has 1 heterocycles. The lowest BCUT2D eigenvalue weighted by molar-refractivity contribution is 0.806. The number of rotatable bonds is 4. The van der Waals surface area contributed by atoms with Gasteiger partial charge in [-0.2, -0.15) is 0 Å². The Kier molecular flexibility index (Phi) is 4.00. The molecule has 0 amide bonds. The molecule has 0 unspecified atom stereocenters. The van der Waals surface area contributed by atoms with Crippen LogP contribution in [0.25, 0.3) is 5.69 Å². The smallest absolute Gasteiger partial charge is 0.113 e. The van der Waals surface area contributed by atoms with Gasteiger partial charge in [0, 0.05) is 24.1 Å². The minimum absolute atomic E-state index is 0.869. The molecule has 1 aromatic carbocycles. The van der Waals surface area contributed by atoms with Crippen LogP contribution in [0.2, 0.25) is 0 Å². The first-order valence-corrected chi connectivity index (χ1v) is 7.06. The van der Waals surface area contributed by atoms with Crippen LogP contribution in [0, 0.1) is 6.92 Å². The van der Waals surface area contributed by atoms with E-state index in [0.29, 0.717) is 0 Å². The lowest BCUT2D eigenvalue weighted by atomic mass is 10.1. The number of nitrogens with zero attached hydrogens (tertiary/aromatic N) is 2. The molecule has 0 N–H and O–H groups in total. The molecule has 3 heteroatoms. The average Bonchev–Trinajstić information content (AvgIpc) is 2.77. The second-order valence-corrected chi connectivity index (χ2v) is 4.79. The van der Waals surface area contributed by atoms with Gasteiger partial charge in [-0.25, -0.2) is 4.98 Å². The molecule has 0 aliphatic carbocycles. The Bertz CT molecular complexity index is 503. The van der Waals surface area contributed by atoms with Crippen LogP contribution in [-0.4, -0.2) is 9.55 Å². The normalized spacial score (nSPS) is 10.8. The van der Waals surface area contributed by atoms with Gasteiger partial charge in [-0.05, 0) is 25.0 Å². The number of halogens is 1. The van der Waals surface area contributed by atoms with E-state index in [4.69, 9.17) is 0 Å². The summed E-state index contributed by atoms with van der Waals surface area (Å²) in [5.41, 5.74) is 3.83. The van der Waals surface area contributed by atoms with Crippen LogP contribution in [0.5, 0.6) is 0 Å². The molecule has 0 radical (unpaired) electrons. The highest BCUT2D eigenvalue weighted by molar-refractivity contribution is 9.08. The van der Waals surface area contributed by atoms with E-state index in [-0.39, 0.29) is 0 Å². The first-order chi connectivity index (χ1) is 8.26. The summed E-state index contributed by atoms with van der Waals surface area (Å²) < 4.78 is 2.19. The quantitative estimate of drug-likeness (QED) is 0.778. The van der Waals surface area contributed by atoms with E-state index in [9.17, 15) is 0 Å². The fourth-order valence-corrected chi connectivity index (χ4v) is 2.47. The van der Waals surface area contributed by atoms with Gasteiger partial charge in [-0.15, -0.1) is 0 Å². The van der Waals surface area contributed by atoms with Crippen molar-refractivity contribution >= 4 is 15.9 Å². The van der Waals surface area contributed by atoms with Crippen molar-refractivity contribution in [3.8, 4) is 5.69 Å². The van der Waals surface area contributed by atoms with E-state index in [2.05, 4.69) is 57.5 Å².